The van der Waals surface area contributed by atoms with Gasteiger partial charge >= 0.3 is 12.1 Å². The molecule has 1 aliphatic heterocycles. The standard InChI is InChI=1S/C16H22NO6P/c1-3-23-24(2,20)10-9-14-15(18)22-12-17(14)16(19)21-11-13-7-5-4-6-8-13/h4-8,14H,3,9-12H2,1-2H3. The Morgan fingerprint density at radius 1 is 1.38 bits per heavy atom. The Hall–Kier alpha value is -1.85. The third-order valence-corrected chi connectivity index (χ3v) is 5.52. The molecule has 1 fully saturated rings. The predicted octanol–water partition coefficient (Wildman–Crippen LogP) is 2.84. The Bertz CT molecular complexity index is 620. The highest BCUT2D eigenvalue weighted by atomic mass is 31.2. The summed E-state index contributed by atoms with van der Waals surface area (Å²) >= 11 is 0. The Labute approximate surface area is 141 Å². The van der Waals surface area contributed by atoms with Gasteiger partial charge in [-0.3, -0.25) is 9.46 Å². The van der Waals surface area contributed by atoms with E-state index in [1.165, 1.54) is 11.6 Å². The number of hydrogen-bond acceptors (Lipinski definition) is 6. The molecule has 0 saturated carbocycles. The molecule has 1 amide bonds. The maximum atomic E-state index is 12.2. The van der Waals surface area contributed by atoms with Crippen LogP contribution in [0.3, 0.4) is 0 Å². The van der Waals surface area contributed by atoms with E-state index < -0.39 is 25.5 Å². The van der Waals surface area contributed by atoms with Gasteiger partial charge in [0.05, 0.1) is 6.61 Å². The summed E-state index contributed by atoms with van der Waals surface area (Å²) in [6.45, 7) is 3.58. The van der Waals surface area contributed by atoms with E-state index in [-0.39, 0.29) is 25.9 Å². The molecule has 1 aromatic carbocycles. The number of esters is 1. The zero-order valence-corrected chi connectivity index (χ0v) is 14.7. The van der Waals surface area contributed by atoms with E-state index in [9.17, 15) is 14.2 Å². The molecule has 1 aromatic rings. The Morgan fingerprint density at radius 2 is 2.08 bits per heavy atom. The molecule has 24 heavy (non-hydrogen) atoms. The van der Waals surface area contributed by atoms with Crippen LogP contribution in [0.25, 0.3) is 0 Å². The second-order valence-corrected chi connectivity index (χ2v) is 8.30. The van der Waals surface area contributed by atoms with E-state index in [1.807, 2.05) is 30.3 Å². The molecule has 0 aromatic heterocycles. The van der Waals surface area contributed by atoms with E-state index in [2.05, 4.69) is 0 Å². The van der Waals surface area contributed by atoms with Crippen LogP contribution in [0.4, 0.5) is 4.79 Å². The largest absolute Gasteiger partial charge is 0.444 e. The van der Waals surface area contributed by atoms with E-state index in [1.54, 1.807) is 6.92 Å². The highest BCUT2D eigenvalue weighted by Gasteiger charge is 2.39. The number of nitrogens with zero attached hydrogens (tertiary/aromatic N) is 1. The van der Waals surface area contributed by atoms with Crippen LogP contribution in [0.2, 0.25) is 0 Å². The van der Waals surface area contributed by atoms with Gasteiger partial charge in [0, 0.05) is 12.8 Å². The second kappa shape index (κ2) is 8.31. The number of ether oxygens (including phenoxy) is 2. The summed E-state index contributed by atoms with van der Waals surface area (Å²) < 4.78 is 27.5. The number of cyclic esters (lactones) is 1. The Kier molecular flexibility index (Phi) is 6.40. The normalized spacial score (nSPS) is 19.7. The summed E-state index contributed by atoms with van der Waals surface area (Å²) in [7, 11) is -2.78. The lowest BCUT2D eigenvalue weighted by molar-refractivity contribution is -0.139. The molecule has 132 valence electrons. The first-order valence-corrected chi connectivity index (χ1v) is 10.0. The molecule has 8 heteroatoms. The summed E-state index contributed by atoms with van der Waals surface area (Å²) in [6.07, 6.45) is -0.215. The van der Waals surface area contributed by atoms with Gasteiger partial charge in [0.1, 0.15) is 12.6 Å². The molecule has 1 saturated heterocycles. The maximum absolute atomic E-state index is 12.2. The number of carbonyl (C=O) groups is 2. The van der Waals surface area contributed by atoms with Gasteiger partial charge in [-0.1, -0.05) is 30.3 Å². The average Bonchev–Trinajstić information content (AvgIpc) is 2.92. The number of rotatable bonds is 7. The first-order chi connectivity index (χ1) is 11.4. The predicted molar refractivity (Wildman–Crippen MR) is 87.9 cm³/mol. The first-order valence-electron chi connectivity index (χ1n) is 7.78. The lowest BCUT2D eigenvalue weighted by atomic mass is 10.2. The minimum absolute atomic E-state index is 0.113. The maximum Gasteiger partial charge on any atom is 0.413 e. The third kappa shape index (κ3) is 5.08. The fraction of sp³-hybridized carbons (Fsp3) is 0.500. The van der Waals surface area contributed by atoms with E-state index in [0.29, 0.717) is 6.61 Å². The summed E-state index contributed by atoms with van der Waals surface area (Å²) in [5.74, 6) is -0.511. The molecule has 7 nitrogen and oxygen atoms in total. The first kappa shape index (κ1) is 18.5. The van der Waals surface area contributed by atoms with Gasteiger partial charge in [-0.15, -0.1) is 0 Å². The van der Waals surface area contributed by atoms with Gasteiger partial charge in [-0.2, -0.15) is 0 Å². The molecule has 2 rings (SSSR count). The molecule has 1 heterocycles. The fourth-order valence-electron chi connectivity index (χ4n) is 2.40. The molecular formula is C16H22NO6P. The monoisotopic (exact) mass is 355 g/mol. The minimum Gasteiger partial charge on any atom is -0.444 e. The number of hydrogen-bond donors (Lipinski definition) is 0. The SMILES string of the molecule is CCOP(C)(=O)CCC1C(=O)OCN1C(=O)OCc1ccccc1. The van der Waals surface area contributed by atoms with Crippen molar-refractivity contribution in [3.63, 3.8) is 0 Å². The van der Waals surface area contributed by atoms with Crippen LogP contribution in [0, 0.1) is 0 Å². The zero-order chi connectivity index (χ0) is 17.6. The van der Waals surface area contributed by atoms with Gasteiger partial charge in [0.15, 0.2) is 14.1 Å². The van der Waals surface area contributed by atoms with Gasteiger partial charge in [-0.25, -0.2) is 9.59 Å². The second-order valence-electron chi connectivity index (χ2n) is 5.56. The van der Waals surface area contributed by atoms with Crippen molar-refractivity contribution < 1.29 is 28.2 Å². The lowest BCUT2D eigenvalue weighted by Crippen LogP contribution is -2.39. The van der Waals surface area contributed by atoms with Gasteiger partial charge in [-0.05, 0) is 18.9 Å². The summed E-state index contributed by atoms with van der Waals surface area (Å²) in [6, 6.07) is 8.46. The van der Waals surface area contributed by atoms with E-state index >= 15 is 0 Å². The van der Waals surface area contributed by atoms with Crippen LogP contribution >= 0.6 is 7.37 Å². The van der Waals surface area contributed by atoms with Crippen molar-refractivity contribution in [2.75, 3.05) is 26.2 Å². The van der Waals surface area contributed by atoms with Crippen molar-refractivity contribution in [2.24, 2.45) is 0 Å². The third-order valence-electron chi connectivity index (χ3n) is 3.64. The van der Waals surface area contributed by atoms with Crippen molar-refractivity contribution in [1.82, 2.24) is 4.90 Å². The minimum atomic E-state index is -2.78. The smallest absolute Gasteiger partial charge is 0.413 e. The Morgan fingerprint density at radius 3 is 2.75 bits per heavy atom. The van der Waals surface area contributed by atoms with Crippen molar-refractivity contribution in [1.29, 1.82) is 0 Å². The average molecular weight is 355 g/mol. The van der Waals surface area contributed by atoms with Crippen molar-refractivity contribution in [2.45, 2.75) is 26.0 Å². The highest BCUT2D eigenvalue weighted by molar-refractivity contribution is 7.58. The molecule has 0 spiro atoms. The molecule has 0 N–H and O–H groups in total. The van der Waals surface area contributed by atoms with Crippen molar-refractivity contribution in [3.8, 4) is 0 Å². The molecular weight excluding hydrogens is 333 g/mol. The molecule has 0 aliphatic carbocycles. The number of carbonyl (C=O) groups excluding carboxylic acids is 2. The molecule has 1 aliphatic rings. The highest BCUT2D eigenvalue weighted by Crippen LogP contribution is 2.43. The molecule has 2 unspecified atom stereocenters. The summed E-state index contributed by atoms with van der Waals surface area (Å²) in [5.41, 5.74) is 0.850. The van der Waals surface area contributed by atoms with Crippen molar-refractivity contribution in [3.05, 3.63) is 35.9 Å². The lowest BCUT2D eigenvalue weighted by Gasteiger charge is -2.21. The van der Waals surface area contributed by atoms with Gasteiger partial charge in [0.25, 0.3) is 0 Å². The summed E-state index contributed by atoms with van der Waals surface area (Å²) in [5, 5.41) is 0. The molecule has 0 bridgehead atoms. The number of amides is 1. The molecule has 0 radical (unpaired) electrons. The van der Waals surface area contributed by atoms with Crippen LogP contribution in [-0.2, 0) is 30.0 Å². The van der Waals surface area contributed by atoms with Gasteiger partial charge < -0.3 is 14.0 Å². The van der Waals surface area contributed by atoms with Crippen molar-refractivity contribution >= 4 is 19.4 Å². The van der Waals surface area contributed by atoms with Crippen LogP contribution in [0.1, 0.15) is 18.9 Å². The zero-order valence-electron chi connectivity index (χ0n) is 13.8. The van der Waals surface area contributed by atoms with Crippen LogP contribution in [-0.4, -0.2) is 49.2 Å². The van der Waals surface area contributed by atoms with Crippen LogP contribution in [0.5, 0.6) is 0 Å². The van der Waals surface area contributed by atoms with E-state index in [4.69, 9.17) is 14.0 Å². The van der Waals surface area contributed by atoms with Crippen LogP contribution in [0.15, 0.2) is 30.3 Å². The Balaban J connectivity index is 1.91. The van der Waals surface area contributed by atoms with Gasteiger partial charge in [0.2, 0.25) is 0 Å². The summed E-state index contributed by atoms with van der Waals surface area (Å²) in [4.78, 5) is 25.3. The number of benzene rings is 1. The molecule has 2 atom stereocenters. The van der Waals surface area contributed by atoms with E-state index in [0.717, 1.165) is 5.56 Å². The van der Waals surface area contributed by atoms with Crippen LogP contribution < -0.4 is 0 Å². The topological polar surface area (TPSA) is 82.1 Å². The fourth-order valence-corrected chi connectivity index (χ4v) is 3.79. The quantitative estimate of drug-likeness (QED) is 0.552.